The van der Waals surface area contributed by atoms with Crippen LogP contribution in [-0.4, -0.2) is 5.11 Å². The minimum Gasteiger partial charge on any atom is -0.385 e. The summed E-state index contributed by atoms with van der Waals surface area (Å²) in [5.74, 6) is 0.751. The minimum absolute atomic E-state index is 0.292. The second-order valence-corrected chi connectivity index (χ2v) is 5.72. The van der Waals surface area contributed by atoms with Crippen molar-refractivity contribution in [3.63, 3.8) is 0 Å². The van der Waals surface area contributed by atoms with Gasteiger partial charge in [0, 0.05) is 0 Å². The lowest BCUT2D eigenvalue weighted by molar-refractivity contribution is 0.0293. The largest absolute Gasteiger partial charge is 0.385 e. The molecule has 0 saturated heterocycles. The highest BCUT2D eigenvalue weighted by Crippen LogP contribution is 2.30. The molecule has 0 bridgehead atoms. The molecule has 1 rings (SSSR count). The predicted molar refractivity (Wildman–Crippen MR) is 69.2 cm³/mol. The summed E-state index contributed by atoms with van der Waals surface area (Å²) >= 11 is 0. The highest BCUT2D eigenvalue weighted by molar-refractivity contribution is 5.22. The Hall–Kier alpha value is -0.890. The van der Waals surface area contributed by atoms with Gasteiger partial charge in [0.2, 0.25) is 0 Å². The van der Waals surface area contributed by atoms with Crippen LogP contribution in [0.5, 0.6) is 0 Å². The van der Waals surface area contributed by atoms with Crippen molar-refractivity contribution in [1.82, 2.24) is 0 Å². The third-order valence-electron chi connectivity index (χ3n) is 3.07. The Labute approximate surface area is 104 Å². The lowest BCUT2D eigenvalue weighted by atomic mass is 9.83. The van der Waals surface area contributed by atoms with Crippen LogP contribution in [0.25, 0.3) is 0 Å². The third-order valence-corrected chi connectivity index (χ3v) is 3.07. The molecule has 1 N–H and O–H groups in total. The summed E-state index contributed by atoms with van der Waals surface area (Å²) in [7, 11) is 0. The molecule has 96 valence electrons. The van der Waals surface area contributed by atoms with Gasteiger partial charge < -0.3 is 5.11 Å². The van der Waals surface area contributed by atoms with Gasteiger partial charge in [0.1, 0.15) is 5.82 Å². The van der Waals surface area contributed by atoms with Crippen molar-refractivity contribution in [3.8, 4) is 0 Å². The monoisotopic (exact) mass is 238 g/mol. The van der Waals surface area contributed by atoms with E-state index in [2.05, 4.69) is 20.8 Å². The van der Waals surface area contributed by atoms with Gasteiger partial charge in [-0.2, -0.15) is 0 Å². The number of rotatable bonds is 5. The molecule has 1 aromatic rings. The van der Waals surface area contributed by atoms with E-state index in [9.17, 15) is 9.50 Å². The molecular weight excluding hydrogens is 215 g/mol. The fourth-order valence-electron chi connectivity index (χ4n) is 2.51. The van der Waals surface area contributed by atoms with E-state index < -0.39 is 5.60 Å². The van der Waals surface area contributed by atoms with Crippen LogP contribution < -0.4 is 0 Å². The average molecular weight is 238 g/mol. The summed E-state index contributed by atoms with van der Waals surface area (Å²) in [6.45, 7) is 8.24. The van der Waals surface area contributed by atoms with Gasteiger partial charge in [-0.1, -0.05) is 32.9 Å². The lowest BCUT2D eigenvalue weighted by Crippen LogP contribution is -2.24. The fraction of sp³-hybridized carbons (Fsp3) is 0.600. The van der Waals surface area contributed by atoms with E-state index in [0.717, 1.165) is 6.42 Å². The van der Waals surface area contributed by atoms with E-state index in [1.807, 2.05) is 0 Å². The molecule has 1 aromatic carbocycles. The first-order valence-electron chi connectivity index (χ1n) is 6.29. The molecule has 17 heavy (non-hydrogen) atoms. The maximum Gasteiger partial charge on any atom is 0.123 e. The van der Waals surface area contributed by atoms with Gasteiger partial charge in [-0.05, 0) is 49.3 Å². The van der Waals surface area contributed by atoms with Gasteiger partial charge in [0.15, 0.2) is 0 Å². The first kappa shape index (κ1) is 14.2. The van der Waals surface area contributed by atoms with Crippen LogP contribution in [0.4, 0.5) is 4.39 Å². The van der Waals surface area contributed by atoms with Crippen molar-refractivity contribution in [2.24, 2.45) is 11.8 Å². The van der Waals surface area contributed by atoms with Crippen molar-refractivity contribution in [2.45, 2.75) is 46.1 Å². The standard InChI is InChI=1S/C15H23FO/c1-11(2)8-12(3)10-15(4,17)13-6-5-7-14(16)9-13/h5-7,9,11-12,17H,8,10H2,1-4H3. The summed E-state index contributed by atoms with van der Waals surface area (Å²) < 4.78 is 13.1. The van der Waals surface area contributed by atoms with Gasteiger partial charge in [-0.15, -0.1) is 0 Å². The molecule has 0 aliphatic carbocycles. The van der Waals surface area contributed by atoms with Crippen LogP contribution in [0, 0.1) is 17.7 Å². The topological polar surface area (TPSA) is 20.2 Å². The Bertz CT molecular complexity index is 358. The first-order chi connectivity index (χ1) is 7.81. The van der Waals surface area contributed by atoms with Crippen molar-refractivity contribution in [2.75, 3.05) is 0 Å². The molecule has 2 heteroatoms. The van der Waals surface area contributed by atoms with Crippen LogP contribution in [0.3, 0.4) is 0 Å². The molecule has 0 aromatic heterocycles. The molecule has 1 nitrogen and oxygen atoms in total. The zero-order chi connectivity index (χ0) is 13.1. The summed E-state index contributed by atoms with van der Waals surface area (Å²) in [6, 6.07) is 6.25. The first-order valence-corrected chi connectivity index (χ1v) is 6.29. The van der Waals surface area contributed by atoms with Crippen LogP contribution in [0.2, 0.25) is 0 Å². The molecule has 0 fully saturated rings. The van der Waals surface area contributed by atoms with E-state index in [4.69, 9.17) is 0 Å². The number of benzene rings is 1. The maximum atomic E-state index is 13.1. The Balaban J connectivity index is 2.74. The Kier molecular flexibility index (Phi) is 4.70. The Morgan fingerprint density at radius 3 is 2.47 bits per heavy atom. The summed E-state index contributed by atoms with van der Waals surface area (Å²) in [5.41, 5.74) is -0.288. The summed E-state index contributed by atoms with van der Waals surface area (Å²) in [6.07, 6.45) is 1.74. The molecular formula is C15H23FO. The minimum atomic E-state index is -0.948. The predicted octanol–water partition coefficient (Wildman–Crippen LogP) is 4.11. The molecule has 2 atom stereocenters. The zero-order valence-electron chi connectivity index (χ0n) is 11.2. The van der Waals surface area contributed by atoms with E-state index in [1.54, 1.807) is 19.1 Å². The van der Waals surface area contributed by atoms with Gasteiger partial charge >= 0.3 is 0 Å². The lowest BCUT2D eigenvalue weighted by Gasteiger charge is -2.28. The van der Waals surface area contributed by atoms with E-state index in [0.29, 0.717) is 23.8 Å². The quantitative estimate of drug-likeness (QED) is 0.818. The van der Waals surface area contributed by atoms with Gasteiger partial charge in [0.25, 0.3) is 0 Å². The normalized spacial score (nSPS) is 16.9. The van der Waals surface area contributed by atoms with Crippen LogP contribution in [-0.2, 0) is 5.60 Å². The molecule has 0 heterocycles. The number of aliphatic hydroxyl groups is 1. The Morgan fingerprint density at radius 2 is 1.94 bits per heavy atom. The number of hydrogen-bond donors (Lipinski definition) is 1. The van der Waals surface area contributed by atoms with Gasteiger partial charge in [0.05, 0.1) is 5.60 Å². The molecule has 0 radical (unpaired) electrons. The highest BCUT2D eigenvalue weighted by atomic mass is 19.1. The molecule has 0 spiro atoms. The molecule has 0 saturated carbocycles. The van der Waals surface area contributed by atoms with Crippen molar-refractivity contribution < 1.29 is 9.50 Å². The maximum absolute atomic E-state index is 13.1. The van der Waals surface area contributed by atoms with Crippen LogP contribution >= 0.6 is 0 Å². The summed E-state index contributed by atoms with van der Waals surface area (Å²) in [5, 5.41) is 10.4. The fourth-order valence-corrected chi connectivity index (χ4v) is 2.51. The second-order valence-electron chi connectivity index (χ2n) is 5.72. The molecule has 0 aliphatic heterocycles. The van der Waals surface area contributed by atoms with E-state index >= 15 is 0 Å². The molecule has 0 aliphatic rings. The molecule has 2 unspecified atom stereocenters. The smallest absolute Gasteiger partial charge is 0.123 e. The van der Waals surface area contributed by atoms with Crippen molar-refractivity contribution >= 4 is 0 Å². The SMILES string of the molecule is CC(C)CC(C)CC(C)(O)c1cccc(F)c1. The van der Waals surface area contributed by atoms with Crippen molar-refractivity contribution in [1.29, 1.82) is 0 Å². The number of halogens is 1. The Morgan fingerprint density at radius 1 is 1.29 bits per heavy atom. The van der Waals surface area contributed by atoms with E-state index in [1.165, 1.54) is 12.1 Å². The van der Waals surface area contributed by atoms with E-state index in [-0.39, 0.29) is 5.82 Å². The average Bonchev–Trinajstić information content (AvgIpc) is 2.15. The van der Waals surface area contributed by atoms with Gasteiger partial charge in [-0.3, -0.25) is 0 Å². The van der Waals surface area contributed by atoms with Gasteiger partial charge in [-0.25, -0.2) is 4.39 Å². The second kappa shape index (κ2) is 5.63. The van der Waals surface area contributed by atoms with Crippen LogP contribution in [0.15, 0.2) is 24.3 Å². The third kappa shape index (κ3) is 4.47. The number of hydrogen-bond acceptors (Lipinski definition) is 1. The summed E-state index contributed by atoms with van der Waals surface area (Å²) in [4.78, 5) is 0. The highest BCUT2D eigenvalue weighted by Gasteiger charge is 2.26. The zero-order valence-corrected chi connectivity index (χ0v) is 11.2. The molecule has 0 amide bonds. The van der Waals surface area contributed by atoms with Crippen molar-refractivity contribution in [3.05, 3.63) is 35.6 Å². The van der Waals surface area contributed by atoms with Crippen LogP contribution in [0.1, 0.15) is 46.1 Å².